The lowest BCUT2D eigenvalue weighted by Crippen LogP contribution is -2.34. The Bertz CT molecular complexity index is 763. The Hall–Kier alpha value is -2.67. The molecule has 2 N–H and O–H groups in total. The molecular formula is C19H19BrN2O4. The van der Waals surface area contributed by atoms with E-state index in [2.05, 4.69) is 26.6 Å². The van der Waals surface area contributed by atoms with Crippen LogP contribution in [0.3, 0.4) is 0 Å². The van der Waals surface area contributed by atoms with Crippen LogP contribution in [0.4, 0.5) is 0 Å². The number of nitrogens with one attached hydrogen (secondary N) is 2. The minimum atomic E-state index is -0.682. The van der Waals surface area contributed by atoms with E-state index in [9.17, 15) is 14.4 Å². The minimum Gasteiger partial charge on any atom is -0.454 e. The summed E-state index contributed by atoms with van der Waals surface area (Å²) in [4.78, 5) is 35.4. The van der Waals surface area contributed by atoms with Crippen molar-refractivity contribution in [3.63, 3.8) is 0 Å². The summed E-state index contributed by atoms with van der Waals surface area (Å²) in [6, 6.07) is 16.0. The molecule has 1 unspecified atom stereocenters. The van der Waals surface area contributed by atoms with Gasteiger partial charge in [-0.2, -0.15) is 0 Å². The number of rotatable bonds is 7. The molecule has 6 nitrogen and oxygen atoms in total. The third-order valence-corrected chi connectivity index (χ3v) is 4.07. The van der Waals surface area contributed by atoms with Crippen molar-refractivity contribution in [1.29, 1.82) is 0 Å². The Morgan fingerprint density at radius 1 is 1.04 bits per heavy atom. The van der Waals surface area contributed by atoms with Crippen LogP contribution in [-0.2, 0) is 14.3 Å². The molecule has 0 radical (unpaired) electrons. The van der Waals surface area contributed by atoms with Gasteiger partial charge in [-0.3, -0.25) is 14.4 Å². The normalized spacial score (nSPS) is 11.3. The highest BCUT2D eigenvalue weighted by molar-refractivity contribution is 9.10. The first kappa shape index (κ1) is 19.7. The van der Waals surface area contributed by atoms with Crippen LogP contribution in [0, 0.1) is 0 Å². The van der Waals surface area contributed by atoms with E-state index >= 15 is 0 Å². The van der Waals surface area contributed by atoms with Crippen molar-refractivity contribution in [3.8, 4) is 0 Å². The molecule has 0 aliphatic heterocycles. The Morgan fingerprint density at radius 2 is 1.69 bits per heavy atom. The zero-order valence-electron chi connectivity index (χ0n) is 14.2. The van der Waals surface area contributed by atoms with Crippen LogP contribution < -0.4 is 10.6 Å². The predicted octanol–water partition coefficient (Wildman–Crippen LogP) is 2.60. The van der Waals surface area contributed by atoms with Gasteiger partial charge in [-0.15, -0.1) is 0 Å². The summed E-state index contributed by atoms with van der Waals surface area (Å²) >= 11 is 3.28. The van der Waals surface area contributed by atoms with Gasteiger partial charge in [0.15, 0.2) is 6.61 Å². The molecule has 2 rings (SSSR count). The van der Waals surface area contributed by atoms with Gasteiger partial charge in [-0.05, 0) is 36.8 Å². The Kier molecular flexibility index (Phi) is 7.35. The van der Waals surface area contributed by atoms with Gasteiger partial charge in [0.05, 0.1) is 6.04 Å². The molecule has 136 valence electrons. The number of hydrogen-bond acceptors (Lipinski definition) is 4. The molecule has 0 aliphatic rings. The summed E-state index contributed by atoms with van der Waals surface area (Å²) in [5.41, 5.74) is 1.38. The van der Waals surface area contributed by atoms with Crippen LogP contribution in [0.1, 0.15) is 28.9 Å². The average Bonchev–Trinajstić information content (AvgIpc) is 2.65. The number of benzene rings is 2. The molecule has 26 heavy (non-hydrogen) atoms. The molecule has 0 bridgehead atoms. The molecule has 2 aromatic rings. The van der Waals surface area contributed by atoms with Crippen molar-refractivity contribution in [3.05, 3.63) is 70.2 Å². The number of carbonyl (C=O) groups is 3. The van der Waals surface area contributed by atoms with Gasteiger partial charge in [0.1, 0.15) is 6.54 Å². The van der Waals surface area contributed by atoms with Crippen LogP contribution in [0.2, 0.25) is 0 Å². The highest BCUT2D eigenvalue weighted by Gasteiger charge is 2.13. The fraction of sp³-hybridized carbons (Fsp3) is 0.211. The van der Waals surface area contributed by atoms with E-state index < -0.39 is 24.4 Å². The molecule has 0 spiro atoms. The second kappa shape index (κ2) is 9.72. The van der Waals surface area contributed by atoms with E-state index in [0.717, 1.165) is 10.0 Å². The maximum Gasteiger partial charge on any atom is 0.325 e. The lowest BCUT2D eigenvalue weighted by molar-refractivity contribution is -0.147. The Labute approximate surface area is 160 Å². The quantitative estimate of drug-likeness (QED) is 0.676. The second-order valence-corrected chi connectivity index (χ2v) is 6.47. The first-order valence-electron chi connectivity index (χ1n) is 7.99. The van der Waals surface area contributed by atoms with Crippen LogP contribution in [-0.4, -0.2) is 30.9 Å². The molecule has 7 heteroatoms. The van der Waals surface area contributed by atoms with Gasteiger partial charge in [0.25, 0.3) is 11.8 Å². The number of hydrogen-bond donors (Lipinski definition) is 2. The van der Waals surface area contributed by atoms with E-state index in [-0.39, 0.29) is 12.6 Å². The molecule has 1 atom stereocenters. The molecule has 0 heterocycles. The van der Waals surface area contributed by atoms with Gasteiger partial charge >= 0.3 is 5.97 Å². The highest BCUT2D eigenvalue weighted by atomic mass is 79.9. The maximum atomic E-state index is 11.9. The molecule has 0 aromatic heterocycles. The summed E-state index contributed by atoms with van der Waals surface area (Å²) in [5.74, 6) is -1.48. The second-order valence-electron chi connectivity index (χ2n) is 5.55. The standard InChI is InChI=1S/C19H19BrN2O4/c1-13(14-5-3-2-4-6-14)22-17(23)12-26-18(24)11-21-19(25)15-7-9-16(20)10-8-15/h2-10,13H,11-12H2,1H3,(H,21,25)(H,22,23). The zero-order valence-corrected chi connectivity index (χ0v) is 15.8. The van der Waals surface area contributed by atoms with E-state index in [1.807, 2.05) is 37.3 Å². The van der Waals surface area contributed by atoms with Crippen LogP contribution in [0.15, 0.2) is 59.1 Å². The topological polar surface area (TPSA) is 84.5 Å². The summed E-state index contributed by atoms with van der Waals surface area (Å²) < 4.78 is 5.72. The van der Waals surface area contributed by atoms with Gasteiger partial charge in [-0.1, -0.05) is 46.3 Å². The first-order valence-corrected chi connectivity index (χ1v) is 8.78. The average molecular weight is 419 g/mol. The van der Waals surface area contributed by atoms with Crippen molar-refractivity contribution in [2.75, 3.05) is 13.2 Å². The molecule has 0 saturated carbocycles. The van der Waals surface area contributed by atoms with Gasteiger partial charge in [0.2, 0.25) is 0 Å². The summed E-state index contributed by atoms with van der Waals surface area (Å²) in [6.45, 7) is 1.13. The minimum absolute atomic E-state index is 0.195. The van der Waals surface area contributed by atoms with E-state index in [1.54, 1.807) is 24.3 Å². The number of amides is 2. The van der Waals surface area contributed by atoms with Crippen molar-refractivity contribution in [1.82, 2.24) is 10.6 Å². The lowest BCUT2D eigenvalue weighted by atomic mass is 10.1. The smallest absolute Gasteiger partial charge is 0.325 e. The monoisotopic (exact) mass is 418 g/mol. The van der Waals surface area contributed by atoms with Gasteiger partial charge in [0, 0.05) is 10.0 Å². The molecule has 0 fully saturated rings. The molecular weight excluding hydrogens is 400 g/mol. The SMILES string of the molecule is CC(NC(=O)COC(=O)CNC(=O)c1ccc(Br)cc1)c1ccccc1. The molecule has 0 saturated heterocycles. The molecule has 2 aromatic carbocycles. The van der Waals surface area contributed by atoms with Crippen molar-refractivity contribution in [2.24, 2.45) is 0 Å². The zero-order chi connectivity index (χ0) is 18.9. The number of carbonyl (C=O) groups excluding carboxylic acids is 3. The van der Waals surface area contributed by atoms with Crippen molar-refractivity contribution in [2.45, 2.75) is 13.0 Å². The Morgan fingerprint density at radius 3 is 2.35 bits per heavy atom. The summed E-state index contributed by atoms with van der Waals surface area (Å²) in [6.07, 6.45) is 0. The van der Waals surface area contributed by atoms with Crippen LogP contribution >= 0.6 is 15.9 Å². The lowest BCUT2D eigenvalue weighted by Gasteiger charge is -2.14. The molecule has 0 aliphatic carbocycles. The number of halogens is 1. The van der Waals surface area contributed by atoms with Crippen LogP contribution in [0.5, 0.6) is 0 Å². The van der Waals surface area contributed by atoms with E-state index in [1.165, 1.54) is 0 Å². The Balaban J connectivity index is 1.70. The summed E-state index contributed by atoms with van der Waals surface area (Å²) in [7, 11) is 0. The molecule has 2 amide bonds. The van der Waals surface area contributed by atoms with E-state index in [0.29, 0.717) is 5.56 Å². The summed E-state index contributed by atoms with van der Waals surface area (Å²) in [5, 5.41) is 5.19. The third-order valence-electron chi connectivity index (χ3n) is 3.54. The largest absolute Gasteiger partial charge is 0.454 e. The number of ether oxygens (including phenoxy) is 1. The van der Waals surface area contributed by atoms with Crippen molar-refractivity contribution >= 4 is 33.7 Å². The van der Waals surface area contributed by atoms with Gasteiger partial charge < -0.3 is 15.4 Å². The number of esters is 1. The first-order chi connectivity index (χ1) is 12.5. The van der Waals surface area contributed by atoms with E-state index in [4.69, 9.17) is 4.74 Å². The highest BCUT2D eigenvalue weighted by Crippen LogP contribution is 2.11. The maximum absolute atomic E-state index is 11.9. The fourth-order valence-corrected chi connectivity index (χ4v) is 2.43. The third kappa shape index (κ3) is 6.33. The van der Waals surface area contributed by atoms with Crippen LogP contribution in [0.25, 0.3) is 0 Å². The van der Waals surface area contributed by atoms with Gasteiger partial charge in [-0.25, -0.2) is 0 Å². The predicted molar refractivity (Wildman–Crippen MR) is 100 cm³/mol. The van der Waals surface area contributed by atoms with Crippen molar-refractivity contribution < 1.29 is 19.1 Å². The fourth-order valence-electron chi connectivity index (χ4n) is 2.16.